The molecule has 0 aliphatic carbocycles. The third-order valence-corrected chi connectivity index (χ3v) is 3.45. The van der Waals surface area contributed by atoms with Crippen molar-refractivity contribution in [2.75, 3.05) is 39.8 Å². The van der Waals surface area contributed by atoms with Gasteiger partial charge in [-0.3, -0.25) is 0 Å². The van der Waals surface area contributed by atoms with Crippen molar-refractivity contribution in [2.45, 2.75) is 13.3 Å². The fourth-order valence-electron chi connectivity index (χ4n) is 2.32. The molecule has 1 aromatic rings. The van der Waals surface area contributed by atoms with Crippen LogP contribution < -0.4 is 10.1 Å². The summed E-state index contributed by atoms with van der Waals surface area (Å²) in [7, 11) is 1.62. The lowest BCUT2D eigenvalue weighted by Gasteiger charge is -2.27. The van der Waals surface area contributed by atoms with E-state index in [4.69, 9.17) is 4.74 Å². The summed E-state index contributed by atoms with van der Waals surface area (Å²) in [4.78, 5) is 2.37. The molecular weight excluding hydrogens is 231 g/mol. The molecule has 0 saturated carbocycles. The molecule has 0 spiro atoms. The first kappa shape index (κ1) is 13.3. The number of nitrogens with one attached hydrogen (secondary N) is 1. The largest absolute Gasteiger partial charge is 0.497 e. The van der Waals surface area contributed by atoms with Crippen molar-refractivity contribution in [3.63, 3.8) is 0 Å². The number of aryl methyl sites for hydroxylation is 1. The standard InChI is InChI=1S/C14H21FN2O/c1-11-9-13(18-2)10-12(14(11)15)3-6-17-7-4-16-5-8-17/h9-10,16H,3-8H2,1-2H3. The average molecular weight is 252 g/mol. The summed E-state index contributed by atoms with van der Waals surface area (Å²) in [5.74, 6) is 0.648. The second-order valence-electron chi connectivity index (χ2n) is 4.76. The summed E-state index contributed by atoms with van der Waals surface area (Å²) in [5, 5.41) is 3.32. The Morgan fingerprint density at radius 1 is 1.33 bits per heavy atom. The molecule has 3 nitrogen and oxygen atoms in total. The zero-order valence-electron chi connectivity index (χ0n) is 11.1. The SMILES string of the molecule is COc1cc(C)c(F)c(CCN2CCNCC2)c1. The molecule has 0 bridgehead atoms. The van der Waals surface area contributed by atoms with Crippen LogP contribution in [0.2, 0.25) is 0 Å². The van der Waals surface area contributed by atoms with Crippen LogP contribution in [0.4, 0.5) is 4.39 Å². The first-order valence-corrected chi connectivity index (χ1v) is 6.47. The Hall–Kier alpha value is -1.13. The minimum absolute atomic E-state index is 0.0917. The molecule has 1 aliphatic rings. The number of ether oxygens (including phenoxy) is 1. The number of rotatable bonds is 4. The van der Waals surface area contributed by atoms with Crippen LogP contribution in [0, 0.1) is 12.7 Å². The predicted octanol–water partition coefficient (Wildman–Crippen LogP) is 1.59. The highest BCUT2D eigenvalue weighted by Crippen LogP contribution is 2.21. The van der Waals surface area contributed by atoms with E-state index < -0.39 is 0 Å². The number of hydrogen-bond donors (Lipinski definition) is 1. The van der Waals surface area contributed by atoms with Gasteiger partial charge in [0.1, 0.15) is 11.6 Å². The van der Waals surface area contributed by atoms with Gasteiger partial charge >= 0.3 is 0 Å². The van der Waals surface area contributed by atoms with Crippen molar-refractivity contribution in [1.29, 1.82) is 0 Å². The highest BCUT2D eigenvalue weighted by atomic mass is 19.1. The van der Waals surface area contributed by atoms with Crippen molar-refractivity contribution < 1.29 is 9.13 Å². The number of methoxy groups -OCH3 is 1. The Bertz CT molecular complexity index is 403. The molecule has 1 aliphatic heterocycles. The maximum atomic E-state index is 14.0. The highest BCUT2D eigenvalue weighted by molar-refractivity contribution is 5.35. The van der Waals surface area contributed by atoms with E-state index in [9.17, 15) is 4.39 Å². The Morgan fingerprint density at radius 2 is 2.06 bits per heavy atom. The molecule has 4 heteroatoms. The van der Waals surface area contributed by atoms with Gasteiger partial charge in [-0.15, -0.1) is 0 Å². The molecule has 1 saturated heterocycles. The predicted molar refractivity (Wildman–Crippen MR) is 70.7 cm³/mol. The van der Waals surface area contributed by atoms with E-state index in [0.717, 1.165) is 50.5 Å². The van der Waals surface area contributed by atoms with Crippen LogP contribution in [0.5, 0.6) is 5.75 Å². The van der Waals surface area contributed by atoms with E-state index in [2.05, 4.69) is 10.2 Å². The number of halogens is 1. The van der Waals surface area contributed by atoms with Crippen LogP contribution in [0.1, 0.15) is 11.1 Å². The second-order valence-corrected chi connectivity index (χ2v) is 4.76. The van der Waals surface area contributed by atoms with Gasteiger partial charge < -0.3 is 15.0 Å². The molecule has 0 amide bonds. The van der Waals surface area contributed by atoms with Crippen LogP contribution in [-0.4, -0.2) is 44.7 Å². The van der Waals surface area contributed by atoms with Gasteiger partial charge in [0, 0.05) is 32.7 Å². The third-order valence-electron chi connectivity index (χ3n) is 3.45. The Kier molecular flexibility index (Phi) is 4.55. The third kappa shape index (κ3) is 3.21. The monoisotopic (exact) mass is 252 g/mol. The Labute approximate surface area is 108 Å². The van der Waals surface area contributed by atoms with Crippen molar-refractivity contribution in [1.82, 2.24) is 10.2 Å². The van der Waals surface area contributed by atoms with Gasteiger partial charge in [0.2, 0.25) is 0 Å². The summed E-state index contributed by atoms with van der Waals surface area (Å²) in [6, 6.07) is 3.55. The van der Waals surface area contributed by atoms with E-state index in [1.54, 1.807) is 20.1 Å². The number of piperazine rings is 1. The number of hydrogen-bond acceptors (Lipinski definition) is 3. The van der Waals surface area contributed by atoms with Gasteiger partial charge in [-0.1, -0.05) is 0 Å². The first-order chi connectivity index (χ1) is 8.70. The van der Waals surface area contributed by atoms with Crippen LogP contribution >= 0.6 is 0 Å². The molecule has 1 fully saturated rings. The summed E-state index contributed by atoms with van der Waals surface area (Å²) in [6.45, 7) is 6.84. The Morgan fingerprint density at radius 3 is 2.72 bits per heavy atom. The average Bonchev–Trinajstić information content (AvgIpc) is 2.41. The van der Waals surface area contributed by atoms with E-state index in [0.29, 0.717) is 5.56 Å². The molecule has 0 aromatic heterocycles. The van der Waals surface area contributed by atoms with Gasteiger partial charge in [0.05, 0.1) is 7.11 Å². The van der Waals surface area contributed by atoms with Crippen LogP contribution in [0.25, 0.3) is 0 Å². The van der Waals surface area contributed by atoms with Crippen molar-refractivity contribution in [3.05, 3.63) is 29.1 Å². The molecule has 0 unspecified atom stereocenters. The maximum Gasteiger partial charge on any atom is 0.129 e. The lowest BCUT2D eigenvalue weighted by molar-refractivity contribution is 0.243. The van der Waals surface area contributed by atoms with Gasteiger partial charge in [-0.25, -0.2) is 4.39 Å². The van der Waals surface area contributed by atoms with E-state index >= 15 is 0 Å². The minimum Gasteiger partial charge on any atom is -0.497 e. The lowest BCUT2D eigenvalue weighted by atomic mass is 10.1. The first-order valence-electron chi connectivity index (χ1n) is 6.47. The maximum absolute atomic E-state index is 14.0. The second kappa shape index (κ2) is 6.16. The minimum atomic E-state index is -0.0917. The molecule has 100 valence electrons. The molecule has 1 aromatic carbocycles. The van der Waals surface area contributed by atoms with E-state index in [-0.39, 0.29) is 5.82 Å². The van der Waals surface area contributed by atoms with E-state index in [1.165, 1.54) is 0 Å². The van der Waals surface area contributed by atoms with Crippen molar-refractivity contribution in [3.8, 4) is 5.75 Å². The molecule has 0 atom stereocenters. The zero-order chi connectivity index (χ0) is 13.0. The van der Waals surface area contributed by atoms with Crippen LogP contribution in [0.3, 0.4) is 0 Å². The fourth-order valence-corrected chi connectivity index (χ4v) is 2.32. The van der Waals surface area contributed by atoms with Gasteiger partial charge in [-0.2, -0.15) is 0 Å². The number of nitrogens with zero attached hydrogens (tertiary/aromatic N) is 1. The van der Waals surface area contributed by atoms with Gasteiger partial charge in [-0.05, 0) is 36.6 Å². The summed E-state index contributed by atoms with van der Waals surface area (Å²) >= 11 is 0. The van der Waals surface area contributed by atoms with Gasteiger partial charge in [0.15, 0.2) is 0 Å². The van der Waals surface area contributed by atoms with Crippen LogP contribution in [-0.2, 0) is 6.42 Å². The number of benzene rings is 1. The highest BCUT2D eigenvalue weighted by Gasteiger charge is 2.12. The Balaban J connectivity index is 2.01. The fraction of sp³-hybridized carbons (Fsp3) is 0.571. The zero-order valence-corrected chi connectivity index (χ0v) is 11.1. The van der Waals surface area contributed by atoms with Crippen LogP contribution in [0.15, 0.2) is 12.1 Å². The summed E-state index contributed by atoms with van der Waals surface area (Å²) in [6.07, 6.45) is 0.740. The molecule has 18 heavy (non-hydrogen) atoms. The molecule has 2 rings (SSSR count). The normalized spacial score (nSPS) is 16.8. The molecule has 0 radical (unpaired) electrons. The topological polar surface area (TPSA) is 24.5 Å². The van der Waals surface area contributed by atoms with Crippen molar-refractivity contribution >= 4 is 0 Å². The quantitative estimate of drug-likeness (QED) is 0.880. The van der Waals surface area contributed by atoms with E-state index in [1.807, 2.05) is 6.07 Å². The smallest absolute Gasteiger partial charge is 0.129 e. The summed E-state index contributed by atoms with van der Waals surface area (Å²) in [5.41, 5.74) is 1.41. The molecule has 1 heterocycles. The molecule has 1 N–H and O–H groups in total. The van der Waals surface area contributed by atoms with Crippen molar-refractivity contribution in [2.24, 2.45) is 0 Å². The lowest BCUT2D eigenvalue weighted by Crippen LogP contribution is -2.44. The summed E-state index contributed by atoms with van der Waals surface area (Å²) < 4.78 is 19.2. The molecular formula is C14H21FN2O. The van der Waals surface area contributed by atoms with Gasteiger partial charge in [0.25, 0.3) is 0 Å².